The van der Waals surface area contributed by atoms with E-state index in [0.717, 1.165) is 22.4 Å². The zero-order valence-corrected chi connectivity index (χ0v) is 17.8. The van der Waals surface area contributed by atoms with Gasteiger partial charge in [0.05, 0.1) is 22.6 Å². The molecule has 0 amide bonds. The largest absolute Gasteiger partial charge is 0.435 e. The van der Waals surface area contributed by atoms with Gasteiger partial charge in [-0.05, 0) is 68.8 Å². The van der Waals surface area contributed by atoms with E-state index in [9.17, 15) is 22.0 Å². The van der Waals surface area contributed by atoms with Gasteiger partial charge in [0.25, 0.3) is 0 Å². The number of hydrogen-bond donors (Lipinski definition) is 0. The lowest BCUT2D eigenvalue weighted by Gasteiger charge is -2.25. The Morgan fingerprint density at radius 2 is 1.58 bits per heavy atom. The topological polar surface area (TPSA) is 56.5 Å². The summed E-state index contributed by atoms with van der Waals surface area (Å²) in [5.74, 6) is -1.70. The Morgan fingerprint density at radius 1 is 0.818 bits per heavy atom. The van der Waals surface area contributed by atoms with E-state index in [4.69, 9.17) is 0 Å². The molecule has 0 radical (unpaired) electrons. The average molecular weight is 459 g/mol. The lowest BCUT2D eigenvalue weighted by molar-refractivity contribution is -0.141. The van der Waals surface area contributed by atoms with Crippen LogP contribution in [0.5, 0.6) is 0 Å². The van der Waals surface area contributed by atoms with E-state index >= 15 is 0 Å². The van der Waals surface area contributed by atoms with Gasteiger partial charge in [0.1, 0.15) is 0 Å². The lowest BCUT2D eigenvalue weighted by Crippen LogP contribution is -2.23. The highest BCUT2D eigenvalue weighted by molar-refractivity contribution is 5.60. The Kier molecular flexibility index (Phi) is 5.47. The van der Waals surface area contributed by atoms with Crippen LogP contribution in [-0.4, -0.2) is 24.7 Å². The van der Waals surface area contributed by atoms with E-state index in [-0.39, 0.29) is 17.1 Å². The Labute approximate surface area is 186 Å². The summed E-state index contributed by atoms with van der Waals surface area (Å²) in [5, 5.41) is 3.57. The summed E-state index contributed by atoms with van der Waals surface area (Å²) in [4.78, 5) is 12.3. The first-order valence-electron chi connectivity index (χ1n) is 9.87. The maximum atomic E-state index is 14.3. The number of hydrogen-bond acceptors (Lipinski definition) is 4. The quantitative estimate of drug-likeness (QED) is 0.292. The summed E-state index contributed by atoms with van der Waals surface area (Å²) in [6.07, 6.45) is -3.37. The van der Waals surface area contributed by atoms with Crippen LogP contribution in [0.1, 0.15) is 36.5 Å². The van der Waals surface area contributed by atoms with Crippen molar-refractivity contribution in [2.75, 3.05) is 0 Å². The number of rotatable bonds is 4. The molecule has 5 nitrogen and oxygen atoms in total. The maximum absolute atomic E-state index is 14.3. The second-order valence-corrected chi connectivity index (χ2v) is 8.04. The number of halogens is 5. The van der Waals surface area contributed by atoms with Gasteiger partial charge in [0.2, 0.25) is 11.9 Å². The van der Waals surface area contributed by atoms with Crippen molar-refractivity contribution in [2.24, 2.45) is 0 Å². The van der Waals surface area contributed by atoms with Crippen molar-refractivity contribution < 1.29 is 22.0 Å². The lowest BCUT2D eigenvalue weighted by atomic mass is 9.84. The Hall–Kier alpha value is -3.69. The zero-order valence-electron chi connectivity index (χ0n) is 17.8. The predicted molar refractivity (Wildman–Crippen MR) is 111 cm³/mol. The Morgan fingerprint density at radius 3 is 2.24 bits per heavy atom. The van der Waals surface area contributed by atoms with Crippen molar-refractivity contribution in [1.29, 1.82) is 0 Å². The molecule has 0 spiro atoms. The standard InChI is InChI=1S/C23H18F5N5/c1-13-11-15(14-7-8-19(24)31-21(14)25)29-18(12-13)22(2,3)16-5-4-6-20(30-16)33-10-9-17(32-33)23(26,27)28/h4-12H,1-3H3. The molecule has 4 rings (SSSR count). The van der Waals surface area contributed by atoms with Crippen LogP contribution in [0, 0.1) is 18.8 Å². The van der Waals surface area contributed by atoms with E-state index < -0.39 is 29.2 Å². The molecule has 4 aromatic heterocycles. The fraction of sp³-hybridized carbons (Fsp3) is 0.217. The van der Waals surface area contributed by atoms with Gasteiger partial charge in [-0.2, -0.15) is 32.0 Å². The summed E-state index contributed by atoms with van der Waals surface area (Å²) in [6.45, 7) is 5.49. The third-order valence-corrected chi connectivity index (χ3v) is 5.19. The first-order chi connectivity index (χ1) is 15.4. The molecule has 4 aromatic rings. The maximum Gasteiger partial charge on any atom is 0.435 e. The molecule has 0 saturated heterocycles. The van der Waals surface area contributed by atoms with Gasteiger partial charge in [0, 0.05) is 11.6 Å². The molecular formula is C23H18F5N5. The third-order valence-electron chi connectivity index (χ3n) is 5.19. The minimum Gasteiger partial charge on any atom is -0.252 e. The molecular weight excluding hydrogens is 441 g/mol. The smallest absolute Gasteiger partial charge is 0.252 e. The molecule has 0 bridgehead atoms. The summed E-state index contributed by atoms with van der Waals surface area (Å²) >= 11 is 0. The number of aromatic nitrogens is 5. The number of pyridine rings is 3. The van der Waals surface area contributed by atoms with Crippen molar-refractivity contribution in [3.05, 3.63) is 89.3 Å². The van der Waals surface area contributed by atoms with Crippen LogP contribution in [0.25, 0.3) is 17.1 Å². The van der Waals surface area contributed by atoms with Crippen LogP contribution in [0.15, 0.2) is 54.7 Å². The number of nitrogens with zero attached hydrogens (tertiary/aromatic N) is 5. The molecule has 0 fully saturated rings. The molecule has 0 aromatic carbocycles. The van der Waals surface area contributed by atoms with Gasteiger partial charge in [-0.1, -0.05) is 6.07 Å². The third kappa shape index (κ3) is 4.46. The summed E-state index contributed by atoms with van der Waals surface area (Å²) in [6, 6.07) is 11.6. The van der Waals surface area contributed by atoms with Gasteiger partial charge in [-0.3, -0.25) is 4.98 Å². The van der Waals surface area contributed by atoms with Gasteiger partial charge in [-0.25, -0.2) is 9.67 Å². The van der Waals surface area contributed by atoms with Gasteiger partial charge >= 0.3 is 6.18 Å². The molecule has 0 saturated carbocycles. The SMILES string of the molecule is Cc1cc(-c2ccc(F)nc2F)nc(C(C)(C)c2cccc(-n3ccc(C(F)(F)F)n3)n2)c1. The van der Waals surface area contributed by atoms with Gasteiger partial charge in [0.15, 0.2) is 11.5 Å². The molecule has 33 heavy (non-hydrogen) atoms. The van der Waals surface area contributed by atoms with Crippen LogP contribution in [0.3, 0.4) is 0 Å². The first-order valence-corrected chi connectivity index (χ1v) is 9.87. The second kappa shape index (κ2) is 8.02. The van der Waals surface area contributed by atoms with Gasteiger partial charge < -0.3 is 0 Å². The minimum atomic E-state index is -4.56. The molecule has 0 aliphatic carbocycles. The molecule has 0 atom stereocenters. The van der Waals surface area contributed by atoms with Gasteiger partial charge in [-0.15, -0.1) is 0 Å². The summed E-state index contributed by atoms with van der Waals surface area (Å²) in [5.41, 5.74) is 0.351. The zero-order chi connectivity index (χ0) is 24.0. The number of alkyl halides is 3. The molecule has 170 valence electrons. The predicted octanol–water partition coefficient (Wildman–Crippen LogP) is 5.66. The van der Waals surface area contributed by atoms with Crippen LogP contribution < -0.4 is 0 Å². The highest BCUT2D eigenvalue weighted by atomic mass is 19.4. The van der Waals surface area contributed by atoms with Crippen molar-refractivity contribution in [2.45, 2.75) is 32.4 Å². The monoisotopic (exact) mass is 459 g/mol. The van der Waals surface area contributed by atoms with Crippen LogP contribution in [0.4, 0.5) is 22.0 Å². The summed E-state index contributed by atoms with van der Waals surface area (Å²) in [7, 11) is 0. The van der Waals surface area contributed by atoms with Crippen LogP contribution in [-0.2, 0) is 11.6 Å². The van der Waals surface area contributed by atoms with Crippen LogP contribution >= 0.6 is 0 Å². The molecule has 4 heterocycles. The van der Waals surface area contributed by atoms with E-state index in [1.165, 1.54) is 12.3 Å². The van der Waals surface area contributed by atoms with Crippen molar-refractivity contribution in [1.82, 2.24) is 24.7 Å². The molecule has 10 heteroatoms. The number of aryl methyl sites for hydroxylation is 1. The van der Waals surface area contributed by atoms with E-state index in [1.54, 1.807) is 24.3 Å². The van der Waals surface area contributed by atoms with Crippen molar-refractivity contribution in [3.8, 4) is 17.1 Å². The van der Waals surface area contributed by atoms with Crippen molar-refractivity contribution >= 4 is 0 Å². The highest BCUT2D eigenvalue weighted by Crippen LogP contribution is 2.33. The second-order valence-electron chi connectivity index (χ2n) is 8.04. The Balaban J connectivity index is 1.75. The Bertz CT molecular complexity index is 1330. The van der Waals surface area contributed by atoms with Crippen LogP contribution in [0.2, 0.25) is 0 Å². The average Bonchev–Trinajstić information content (AvgIpc) is 3.24. The molecule has 0 aliphatic heterocycles. The fourth-order valence-electron chi connectivity index (χ4n) is 3.36. The molecule has 0 N–H and O–H groups in total. The fourth-order valence-corrected chi connectivity index (χ4v) is 3.36. The normalized spacial score (nSPS) is 12.2. The van der Waals surface area contributed by atoms with E-state index in [1.807, 2.05) is 26.8 Å². The minimum absolute atomic E-state index is 0.0510. The highest BCUT2D eigenvalue weighted by Gasteiger charge is 2.34. The van der Waals surface area contributed by atoms with E-state index in [2.05, 4.69) is 20.1 Å². The molecule has 0 aliphatic rings. The molecule has 0 unspecified atom stereocenters. The summed E-state index contributed by atoms with van der Waals surface area (Å²) < 4.78 is 67.3. The van der Waals surface area contributed by atoms with E-state index in [0.29, 0.717) is 11.4 Å². The van der Waals surface area contributed by atoms with Crippen molar-refractivity contribution in [3.63, 3.8) is 0 Å². The first kappa shape index (κ1) is 22.5.